The Morgan fingerprint density at radius 1 is 1.00 bits per heavy atom. The van der Waals surface area contributed by atoms with Crippen molar-refractivity contribution in [3.8, 4) is 0 Å². The quantitative estimate of drug-likeness (QED) is 0.884. The Bertz CT molecular complexity index is 503. The van der Waals surface area contributed by atoms with Crippen molar-refractivity contribution in [3.05, 3.63) is 59.7 Å². The smallest absolute Gasteiger partial charge is 0.0440 e. The summed E-state index contributed by atoms with van der Waals surface area (Å²) in [6.07, 6.45) is 0. The van der Waals surface area contributed by atoms with Gasteiger partial charge < -0.3 is 10.6 Å². The van der Waals surface area contributed by atoms with Crippen molar-refractivity contribution in [3.63, 3.8) is 0 Å². The van der Waals surface area contributed by atoms with E-state index in [2.05, 4.69) is 67.3 Å². The number of para-hydroxylation sites is 1. The number of hydrogen-bond acceptors (Lipinski definition) is 2. The van der Waals surface area contributed by atoms with E-state index >= 15 is 0 Å². The van der Waals surface area contributed by atoms with Gasteiger partial charge in [-0.3, -0.25) is 0 Å². The van der Waals surface area contributed by atoms with Crippen LogP contribution in [0.2, 0.25) is 0 Å². The molecule has 0 spiro atoms. The van der Waals surface area contributed by atoms with Gasteiger partial charge in [-0.05, 0) is 43.2 Å². The minimum atomic E-state index is 0.594. The first-order valence-corrected chi connectivity index (χ1v) is 6.38. The van der Waals surface area contributed by atoms with Crippen LogP contribution in [-0.4, -0.2) is 6.54 Å². The molecule has 0 aliphatic rings. The van der Waals surface area contributed by atoms with E-state index in [-0.39, 0.29) is 0 Å². The van der Waals surface area contributed by atoms with Crippen LogP contribution >= 0.6 is 0 Å². The van der Waals surface area contributed by atoms with Gasteiger partial charge in [0.1, 0.15) is 0 Å². The first-order valence-electron chi connectivity index (χ1n) is 6.38. The zero-order valence-electron chi connectivity index (χ0n) is 11.1. The van der Waals surface area contributed by atoms with Gasteiger partial charge in [0.25, 0.3) is 0 Å². The molecule has 0 amide bonds. The molecule has 2 N–H and O–H groups in total. The monoisotopic (exact) mass is 240 g/mol. The maximum Gasteiger partial charge on any atom is 0.0440 e. The molecule has 0 atom stereocenters. The maximum absolute atomic E-state index is 5.63. The van der Waals surface area contributed by atoms with Crippen LogP contribution in [0, 0.1) is 6.92 Å². The van der Waals surface area contributed by atoms with Gasteiger partial charge in [-0.15, -0.1) is 0 Å². The number of nitrogens with zero attached hydrogens (tertiary/aromatic N) is 1. The summed E-state index contributed by atoms with van der Waals surface area (Å²) < 4.78 is 0. The molecule has 0 saturated heterocycles. The fourth-order valence-electron chi connectivity index (χ4n) is 2.17. The van der Waals surface area contributed by atoms with Crippen LogP contribution in [0.4, 0.5) is 11.4 Å². The van der Waals surface area contributed by atoms with Gasteiger partial charge in [-0.2, -0.15) is 0 Å². The molecule has 0 bridgehead atoms. The van der Waals surface area contributed by atoms with Crippen LogP contribution in [0.25, 0.3) is 0 Å². The van der Waals surface area contributed by atoms with E-state index in [1.807, 2.05) is 0 Å². The summed E-state index contributed by atoms with van der Waals surface area (Å²) in [5, 5.41) is 0. The highest BCUT2D eigenvalue weighted by molar-refractivity contribution is 5.66. The zero-order chi connectivity index (χ0) is 13.0. The first kappa shape index (κ1) is 12.7. The summed E-state index contributed by atoms with van der Waals surface area (Å²) in [5.41, 5.74) is 10.6. The Hall–Kier alpha value is -1.80. The molecular weight excluding hydrogens is 220 g/mol. The maximum atomic E-state index is 5.63. The lowest BCUT2D eigenvalue weighted by Gasteiger charge is -2.25. The topological polar surface area (TPSA) is 29.3 Å². The third-order valence-corrected chi connectivity index (χ3v) is 3.21. The van der Waals surface area contributed by atoms with E-state index in [0.717, 1.165) is 6.54 Å². The number of benzene rings is 2. The average molecular weight is 240 g/mol. The second kappa shape index (κ2) is 5.69. The highest BCUT2D eigenvalue weighted by Crippen LogP contribution is 2.27. The number of nitrogens with two attached hydrogens (primary N) is 1. The minimum Gasteiger partial charge on any atom is -0.342 e. The summed E-state index contributed by atoms with van der Waals surface area (Å²) in [4.78, 5) is 2.32. The summed E-state index contributed by atoms with van der Waals surface area (Å²) in [7, 11) is 0. The molecule has 0 aliphatic heterocycles. The molecule has 2 nitrogen and oxygen atoms in total. The molecule has 2 heteroatoms. The minimum absolute atomic E-state index is 0.594. The number of aryl methyl sites for hydroxylation is 1. The van der Waals surface area contributed by atoms with Gasteiger partial charge in [0.15, 0.2) is 0 Å². The van der Waals surface area contributed by atoms with Crippen LogP contribution in [0.15, 0.2) is 48.5 Å². The van der Waals surface area contributed by atoms with Gasteiger partial charge in [0, 0.05) is 24.5 Å². The number of hydrogen-bond donors (Lipinski definition) is 1. The Morgan fingerprint density at radius 3 is 2.22 bits per heavy atom. The van der Waals surface area contributed by atoms with Gasteiger partial charge in [-0.25, -0.2) is 0 Å². The predicted octanol–water partition coefficient (Wildman–Crippen LogP) is 3.61. The van der Waals surface area contributed by atoms with E-state index in [1.54, 1.807) is 0 Å². The SMILES string of the molecule is CCN(c1ccc(CN)cc1)c1ccccc1C. The predicted molar refractivity (Wildman–Crippen MR) is 78.2 cm³/mol. The third kappa shape index (κ3) is 2.54. The van der Waals surface area contributed by atoms with Crippen LogP contribution in [0.1, 0.15) is 18.1 Å². The fourth-order valence-corrected chi connectivity index (χ4v) is 2.17. The standard InChI is InChI=1S/C16H20N2/c1-3-18(16-7-5-4-6-13(16)2)15-10-8-14(12-17)9-11-15/h4-11H,3,12,17H2,1-2H3. The van der Waals surface area contributed by atoms with Crippen LogP contribution in [0.3, 0.4) is 0 Å². The molecule has 0 aromatic heterocycles. The molecular formula is C16H20N2. The van der Waals surface area contributed by atoms with Crippen molar-refractivity contribution < 1.29 is 0 Å². The molecule has 2 aromatic carbocycles. The van der Waals surface area contributed by atoms with Crippen molar-refractivity contribution in [2.45, 2.75) is 20.4 Å². The van der Waals surface area contributed by atoms with Crippen LogP contribution in [-0.2, 0) is 6.54 Å². The van der Waals surface area contributed by atoms with Crippen LogP contribution < -0.4 is 10.6 Å². The molecule has 0 unspecified atom stereocenters. The van der Waals surface area contributed by atoms with Gasteiger partial charge >= 0.3 is 0 Å². The molecule has 2 aromatic rings. The van der Waals surface area contributed by atoms with E-state index in [0.29, 0.717) is 6.54 Å². The number of rotatable bonds is 4. The largest absolute Gasteiger partial charge is 0.342 e. The highest BCUT2D eigenvalue weighted by Gasteiger charge is 2.08. The van der Waals surface area contributed by atoms with E-state index in [9.17, 15) is 0 Å². The van der Waals surface area contributed by atoms with Crippen molar-refractivity contribution in [1.29, 1.82) is 0 Å². The highest BCUT2D eigenvalue weighted by atomic mass is 15.1. The van der Waals surface area contributed by atoms with Crippen molar-refractivity contribution in [2.75, 3.05) is 11.4 Å². The molecule has 0 saturated carbocycles. The second-order valence-electron chi connectivity index (χ2n) is 4.40. The lowest BCUT2D eigenvalue weighted by atomic mass is 10.1. The van der Waals surface area contributed by atoms with E-state index < -0.39 is 0 Å². The molecule has 0 radical (unpaired) electrons. The Morgan fingerprint density at radius 2 is 1.67 bits per heavy atom. The van der Waals surface area contributed by atoms with Gasteiger partial charge in [0.05, 0.1) is 0 Å². The Kier molecular flexibility index (Phi) is 4.00. The Labute approximate surface area is 109 Å². The molecule has 94 valence electrons. The van der Waals surface area contributed by atoms with Crippen molar-refractivity contribution in [2.24, 2.45) is 5.73 Å². The van der Waals surface area contributed by atoms with Crippen molar-refractivity contribution >= 4 is 11.4 Å². The van der Waals surface area contributed by atoms with E-state index in [1.165, 1.54) is 22.5 Å². The molecule has 18 heavy (non-hydrogen) atoms. The molecule has 0 aliphatic carbocycles. The number of anilines is 2. The average Bonchev–Trinajstić information content (AvgIpc) is 2.42. The van der Waals surface area contributed by atoms with Gasteiger partial charge in [-0.1, -0.05) is 30.3 Å². The molecule has 2 rings (SSSR count). The summed E-state index contributed by atoms with van der Waals surface area (Å²) in [6, 6.07) is 16.9. The summed E-state index contributed by atoms with van der Waals surface area (Å²) in [6.45, 7) is 5.86. The second-order valence-corrected chi connectivity index (χ2v) is 4.40. The zero-order valence-corrected chi connectivity index (χ0v) is 11.1. The molecule has 0 heterocycles. The van der Waals surface area contributed by atoms with Crippen LogP contribution in [0.5, 0.6) is 0 Å². The lowest BCUT2D eigenvalue weighted by Crippen LogP contribution is -2.17. The Balaban J connectivity index is 2.36. The van der Waals surface area contributed by atoms with Crippen molar-refractivity contribution in [1.82, 2.24) is 0 Å². The van der Waals surface area contributed by atoms with E-state index in [4.69, 9.17) is 5.73 Å². The fraction of sp³-hybridized carbons (Fsp3) is 0.250. The normalized spacial score (nSPS) is 10.4. The summed E-state index contributed by atoms with van der Waals surface area (Å²) in [5.74, 6) is 0. The third-order valence-electron chi connectivity index (χ3n) is 3.21. The molecule has 0 fully saturated rings. The summed E-state index contributed by atoms with van der Waals surface area (Å²) >= 11 is 0. The lowest BCUT2D eigenvalue weighted by molar-refractivity contribution is 1.01. The first-order chi connectivity index (χ1) is 8.76. The van der Waals surface area contributed by atoms with Gasteiger partial charge in [0.2, 0.25) is 0 Å².